The Hall–Kier alpha value is -3.16. The second-order valence-electron chi connectivity index (χ2n) is 5.35. The average molecular weight is 307 g/mol. The van der Waals surface area contributed by atoms with Crippen molar-refractivity contribution >= 4 is 11.0 Å². The molecule has 8 nitrogen and oxygen atoms in total. The van der Waals surface area contributed by atoms with E-state index in [9.17, 15) is 0 Å². The monoisotopic (exact) mass is 307 g/mol. The first-order chi connectivity index (χ1) is 11.2. The maximum absolute atomic E-state index is 5.27. The average Bonchev–Trinajstić information content (AvgIpc) is 3.22. The van der Waals surface area contributed by atoms with Crippen LogP contribution < -0.4 is 0 Å². The molecule has 8 heteroatoms. The van der Waals surface area contributed by atoms with Gasteiger partial charge in [0.2, 0.25) is 5.82 Å². The third-order valence-electron chi connectivity index (χ3n) is 3.43. The molecule has 0 spiro atoms. The molecule has 4 rings (SSSR count). The van der Waals surface area contributed by atoms with Crippen LogP contribution in [0.3, 0.4) is 0 Å². The van der Waals surface area contributed by atoms with Crippen LogP contribution in [-0.2, 0) is 0 Å². The number of fused-ring (bicyclic) bond motifs is 1. The van der Waals surface area contributed by atoms with E-state index in [2.05, 4.69) is 44.3 Å². The summed E-state index contributed by atoms with van der Waals surface area (Å²) in [5.41, 5.74) is 3.14. The molecule has 0 aliphatic carbocycles. The molecule has 0 unspecified atom stereocenters. The predicted molar refractivity (Wildman–Crippen MR) is 82.2 cm³/mol. The second-order valence-corrected chi connectivity index (χ2v) is 5.35. The van der Waals surface area contributed by atoms with Crippen LogP contribution in [0.25, 0.3) is 34.0 Å². The van der Waals surface area contributed by atoms with Crippen LogP contribution in [0.15, 0.2) is 41.3 Å². The molecule has 0 atom stereocenters. The lowest BCUT2D eigenvalue weighted by Gasteiger charge is -2.05. The topological polar surface area (TPSA) is 95.4 Å². The number of aromatic nitrogens is 7. The van der Waals surface area contributed by atoms with E-state index in [-0.39, 0.29) is 6.04 Å². The summed E-state index contributed by atoms with van der Waals surface area (Å²) in [6.45, 7) is 4.11. The summed E-state index contributed by atoms with van der Waals surface area (Å²) in [7, 11) is 0. The summed E-state index contributed by atoms with van der Waals surface area (Å²) in [5, 5.41) is 12.3. The van der Waals surface area contributed by atoms with Gasteiger partial charge in [0.1, 0.15) is 11.2 Å². The van der Waals surface area contributed by atoms with Gasteiger partial charge >= 0.3 is 0 Å². The lowest BCUT2D eigenvalue weighted by atomic mass is 10.2. The van der Waals surface area contributed by atoms with E-state index in [1.807, 2.05) is 22.9 Å². The van der Waals surface area contributed by atoms with Crippen molar-refractivity contribution in [1.82, 2.24) is 35.1 Å². The molecule has 0 aliphatic heterocycles. The van der Waals surface area contributed by atoms with Gasteiger partial charge in [-0.05, 0) is 32.0 Å². The lowest BCUT2D eigenvalue weighted by molar-refractivity contribution is 0.431. The molecule has 0 radical (unpaired) electrons. The molecule has 114 valence electrons. The summed E-state index contributed by atoms with van der Waals surface area (Å²) < 4.78 is 7.14. The van der Waals surface area contributed by atoms with Crippen LogP contribution in [-0.4, -0.2) is 35.1 Å². The number of nitrogens with zero attached hydrogens (tertiary/aromatic N) is 7. The standard InChI is InChI=1S/C15H13N7O/c1-9(2)22-13-7-10(3-4-11(13)19-21-22)14-18-15(23-20-14)12-8-16-5-6-17-12/h3-9H,1-2H3. The fraction of sp³-hybridized carbons (Fsp3) is 0.200. The van der Waals surface area contributed by atoms with Crippen LogP contribution in [0, 0.1) is 0 Å². The van der Waals surface area contributed by atoms with E-state index in [4.69, 9.17) is 4.52 Å². The fourth-order valence-corrected chi connectivity index (χ4v) is 2.31. The quantitative estimate of drug-likeness (QED) is 0.573. The van der Waals surface area contributed by atoms with Gasteiger partial charge in [-0.1, -0.05) is 10.4 Å². The minimum atomic E-state index is 0.218. The first-order valence-corrected chi connectivity index (χ1v) is 7.18. The van der Waals surface area contributed by atoms with Crippen molar-refractivity contribution < 1.29 is 4.52 Å². The van der Waals surface area contributed by atoms with Crippen LogP contribution in [0.2, 0.25) is 0 Å². The molecule has 4 aromatic rings. The first kappa shape index (κ1) is 13.5. The summed E-state index contributed by atoms with van der Waals surface area (Å²) >= 11 is 0. The molecule has 0 aliphatic rings. The van der Waals surface area contributed by atoms with Crippen LogP contribution >= 0.6 is 0 Å². The van der Waals surface area contributed by atoms with E-state index in [0.717, 1.165) is 16.6 Å². The minimum Gasteiger partial charge on any atom is -0.332 e. The van der Waals surface area contributed by atoms with Gasteiger partial charge < -0.3 is 4.52 Å². The Bertz CT molecular complexity index is 958. The van der Waals surface area contributed by atoms with E-state index in [1.54, 1.807) is 18.6 Å². The van der Waals surface area contributed by atoms with Gasteiger partial charge in [0.05, 0.1) is 11.7 Å². The normalized spacial score (nSPS) is 11.4. The Morgan fingerprint density at radius 2 is 2.09 bits per heavy atom. The first-order valence-electron chi connectivity index (χ1n) is 7.18. The zero-order chi connectivity index (χ0) is 15.8. The van der Waals surface area contributed by atoms with E-state index in [0.29, 0.717) is 17.4 Å². The summed E-state index contributed by atoms with van der Waals surface area (Å²) in [4.78, 5) is 12.5. The molecule has 23 heavy (non-hydrogen) atoms. The number of hydrogen-bond acceptors (Lipinski definition) is 7. The second kappa shape index (κ2) is 5.24. The number of rotatable bonds is 3. The molecule has 0 saturated carbocycles. The number of hydrogen-bond donors (Lipinski definition) is 0. The Morgan fingerprint density at radius 3 is 2.87 bits per heavy atom. The van der Waals surface area contributed by atoms with Crippen molar-refractivity contribution in [3.63, 3.8) is 0 Å². The van der Waals surface area contributed by atoms with Crippen molar-refractivity contribution in [3.05, 3.63) is 36.8 Å². The molecule has 3 heterocycles. The van der Waals surface area contributed by atoms with Gasteiger partial charge in [0.15, 0.2) is 0 Å². The Kier molecular flexibility index (Phi) is 3.07. The number of benzene rings is 1. The van der Waals surface area contributed by atoms with Crippen molar-refractivity contribution in [2.24, 2.45) is 0 Å². The molecule has 0 fully saturated rings. The highest BCUT2D eigenvalue weighted by Gasteiger charge is 2.14. The minimum absolute atomic E-state index is 0.218. The van der Waals surface area contributed by atoms with Crippen molar-refractivity contribution in [2.75, 3.05) is 0 Å². The molecule has 0 saturated heterocycles. The Morgan fingerprint density at radius 1 is 1.17 bits per heavy atom. The van der Waals surface area contributed by atoms with Gasteiger partial charge in [-0.2, -0.15) is 4.98 Å². The highest BCUT2D eigenvalue weighted by molar-refractivity contribution is 5.80. The molecule has 0 bridgehead atoms. The molecule has 1 aromatic carbocycles. The lowest BCUT2D eigenvalue weighted by Crippen LogP contribution is -2.02. The third-order valence-corrected chi connectivity index (χ3v) is 3.43. The summed E-state index contributed by atoms with van der Waals surface area (Å²) in [6.07, 6.45) is 4.76. The molecule has 0 N–H and O–H groups in total. The van der Waals surface area contributed by atoms with Crippen LogP contribution in [0.4, 0.5) is 0 Å². The van der Waals surface area contributed by atoms with E-state index < -0.39 is 0 Å². The smallest absolute Gasteiger partial charge is 0.278 e. The summed E-state index contributed by atoms with van der Waals surface area (Å²) in [6, 6.07) is 5.97. The molecule has 0 amide bonds. The fourth-order valence-electron chi connectivity index (χ4n) is 2.31. The largest absolute Gasteiger partial charge is 0.332 e. The van der Waals surface area contributed by atoms with Gasteiger partial charge in [0, 0.05) is 24.0 Å². The zero-order valence-corrected chi connectivity index (χ0v) is 12.6. The third kappa shape index (κ3) is 2.33. The van der Waals surface area contributed by atoms with Crippen molar-refractivity contribution in [1.29, 1.82) is 0 Å². The van der Waals surface area contributed by atoms with E-state index in [1.165, 1.54) is 0 Å². The highest BCUT2D eigenvalue weighted by atomic mass is 16.5. The van der Waals surface area contributed by atoms with Gasteiger partial charge in [-0.25, -0.2) is 9.67 Å². The molecular weight excluding hydrogens is 294 g/mol. The van der Waals surface area contributed by atoms with Crippen LogP contribution in [0.1, 0.15) is 19.9 Å². The predicted octanol–water partition coefficient (Wildman–Crippen LogP) is 2.52. The Labute approximate surface area is 131 Å². The van der Waals surface area contributed by atoms with Gasteiger partial charge in [0.25, 0.3) is 5.89 Å². The Balaban J connectivity index is 1.77. The van der Waals surface area contributed by atoms with Crippen LogP contribution in [0.5, 0.6) is 0 Å². The molecule has 3 aromatic heterocycles. The van der Waals surface area contributed by atoms with Gasteiger partial charge in [-0.15, -0.1) is 5.10 Å². The maximum Gasteiger partial charge on any atom is 0.278 e. The van der Waals surface area contributed by atoms with Crippen molar-refractivity contribution in [2.45, 2.75) is 19.9 Å². The van der Waals surface area contributed by atoms with Crippen molar-refractivity contribution in [3.8, 4) is 23.0 Å². The maximum atomic E-state index is 5.27. The summed E-state index contributed by atoms with van der Waals surface area (Å²) in [5.74, 6) is 0.827. The van der Waals surface area contributed by atoms with E-state index >= 15 is 0 Å². The highest BCUT2D eigenvalue weighted by Crippen LogP contribution is 2.24. The zero-order valence-electron chi connectivity index (χ0n) is 12.6. The SMILES string of the molecule is CC(C)n1nnc2ccc(-c3noc(-c4cnccn4)n3)cc21. The van der Waals surface area contributed by atoms with Gasteiger partial charge in [-0.3, -0.25) is 4.98 Å². The molecular formula is C15H13N7O.